The van der Waals surface area contributed by atoms with E-state index in [9.17, 15) is 24.0 Å². The lowest BCUT2D eigenvalue weighted by atomic mass is 9.47. The summed E-state index contributed by atoms with van der Waals surface area (Å²) in [6.45, 7) is 14.4. The van der Waals surface area contributed by atoms with Crippen LogP contribution in [0, 0.1) is 46.3 Å². The zero-order chi connectivity index (χ0) is 49.6. The van der Waals surface area contributed by atoms with Crippen molar-refractivity contribution in [3.63, 3.8) is 0 Å². The number of nitrogens with one attached hydrogen (secondary N) is 5. The molecule has 3 heterocycles. The standard InChI is InChI=1S/C54H81N9O6/c1-35(2)13-10-14-36(3)43-17-18-44-42-16-15-37-27-41(19-21-53(37,4)45(42)20-22-54(43,44)5)69-52(68)56-24-12-26-63-33-40(59-50(66)47-28-38(57-34-64)31-61(47)8)30-48(63)51(67)58-39-29-46(62(9)32-39)49(65)55-23-11-25-60(6)7/h15,28-36,41-45H,10-14,16-27H2,1-9H3,(H,55,65)(H,56,68)(H,57,64)(H,58,67)(H,59,66)/t36?,41-,42?,43+,44?,45?,53-,54+/m0/s1. The summed E-state index contributed by atoms with van der Waals surface area (Å²) < 4.78 is 11.1. The second-order valence-electron chi connectivity index (χ2n) is 22.2. The summed E-state index contributed by atoms with van der Waals surface area (Å²) in [5.74, 6) is 3.57. The Morgan fingerprint density at radius 1 is 0.783 bits per heavy atom. The van der Waals surface area contributed by atoms with Crippen molar-refractivity contribution in [3.8, 4) is 0 Å². The SMILES string of the molecule is CC(C)CCCC(C)[C@H]1CCC2C3CC=C4C[C@@H](OC(=O)NCCCn5cc(NC(=O)c6cc(NC=O)cn6C)cc5C(=O)Nc5cc(C(=O)NCCCN(C)C)n(C)c5)CC[C@]4(C)C3CC[C@@]21C. The van der Waals surface area contributed by atoms with E-state index in [4.69, 9.17) is 4.74 Å². The molecule has 0 aromatic carbocycles. The molecule has 69 heavy (non-hydrogen) atoms. The average Bonchev–Trinajstić information content (AvgIpc) is 4.07. The first-order valence-electron chi connectivity index (χ1n) is 25.8. The number of fused-ring (bicyclic) bond motifs is 5. The predicted molar refractivity (Wildman–Crippen MR) is 272 cm³/mol. The third kappa shape index (κ3) is 11.8. The molecule has 15 nitrogen and oxygen atoms in total. The summed E-state index contributed by atoms with van der Waals surface area (Å²) in [4.78, 5) is 66.6. The van der Waals surface area contributed by atoms with Crippen molar-refractivity contribution in [2.24, 2.45) is 60.4 Å². The van der Waals surface area contributed by atoms with Gasteiger partial charge in [0.25, 0.3) is 17.7 Å². The highest BCUT2D eigenvalue weighted by Gasteiger charge is 2.59. The molecule has 3 aromatic rings. The Kier molecular flexibility index (Phi) is 16.6. The van der Waals surface area contributed by atoms with Gasteiger partial charge in [0.1, 0.15) is 23.2 Å². The number of anilines is 3. The van der Waals surface area contributed by atoms with E-state index in [1.807, 2.05) is 14.1 Å². The van der Waals surface area contributed by atoms with Gasteiger partial charge in [-0.05, 0) is 143 Å². The predicted octanol–water partition coefficient (Wildman–Crippen LogP) is 9.45. The minimum atomic E-state index is -0.438. The summed E-state index contributed by atoms with van der Waals surface area (Å²) >= 11 is 0. The van der Waals surface area contributed by atoms with Crippen molar-refractivity contribution in [1.82, 2.24) is 29.2 Å². The molecule has 0 aliphatic heterocycles. The number of hydrogen-bond donors (Lipinski definition) is 5. The fourth-order valence-electron chi connectivity index (χ4n) is 13.2. The smallest absolute Gasteiger partial charge is 0.407 e. The quantitative estimate of drug-likeness (QED) is 0.0402. The van der Waals surface area contributed by atoms with Crippen LogP contribution in [-0.2, 0) is 30.2 Å². The zero-order valence-electron chi connectivity index (χ0n) is 42.9. The molecule has 3 fully saturated rings. The van der Waals surface area contributed by atoms with Crippen molar-refractivity contribution in [2.45, 2.75) is 131 Å². The zero-order valence-corrected chi connectivity index (χ0v) is 42.9. The summed E-state index contributed by atoms with van der Waals surface area (Å²) in [5.41, 5.74) is 4.40. The van der Waals surface area contributed by atoms with Crippen LogP contribution in [0.25, 0.3) is 0 Å². The van der Waals surface area contributed by atoms with E-state index in [2.05, 4.69) is 72.2 Å². The van der Waals surface area contributed by atoms with Crippen LogP contribution in [0.2, 0.25) is 0 Å². The number of aryl methyl sites for hydroxylation is 3. The molecule has 4 unspecified atom stereocenters. The number of ether oxygens (including phenoxy) is 1. The van der Waals surface area contributed by atoms with Crippen molar-refractivity contribution < 1.29 is 28.7 Å². The minimum Gasteiger partial charge on any atom is -0.446 e. The van der Waals surface area contributed by atoms with Gasteiger partial charge in [-0.25, -0.2) is 4.79 Å². The molecule has 5 amide bonds. The van der Waals surface area contributed by atoms with Gasteiger partial charge in [-0.15, -0.1) is 0 Å². The number of carbonyl (C=O) groups excluding carboxylic acids is 5. The van der Waals surface area contributed by atoms with E-state index in [0.29, 0.717) is 72.2 Å². The summed E-state index contributed by atoms with van der Waals surface area (Å²) in [6, 6.07) is 4.78. The summed E-state index contributed by atoms with van der Waals surface area (Å²) in [7, 11) is 7.41. The molecular weight excluding hydrogens is 871 g/mol. The first-order chi connectivity index (χ1) is 32.9. The number of nitrogens with zero attached hydrogens (tertiary/aromatic N) is 4. The number of hydrogen-bond acceptors (Lipinski definition) is 7. The fraction of sp³-hybridized carbons (Fsp3) is 0.648. The molecule has 5 N–H and O–H groups in total. The fourth-order valence-corrected chi connectivity index (χ4v) is 13.2. The molecule has 0 spiro atoms. The highest BCUT2D eigenvalue weighted by molar-refractivity contribution is 6.07. The Morgan fingerprint density at radius 3 is 2.17 bits per heavy atom. The van der Waals surface area contributed by atoms with Gasteiger partial charge in [-0.3, -0.25) is 19.2 Å². The average molecular weight is 952 g/mol. The Hall–Kier alpha value is -5.31. The lowest BCUT2D eigenvalue weighted by Gasteiger charge is -2.58. The van der Waals surface area contributed by atoms with E-state index in [1.165, 1.54) is 50.5 Å². The lowest BCUT2D eigenvalue weighted by Crippen LogP contribution is -2.51. The van der Waals surface area contributed by atoms with E-state index in [1.54, 1.807) is 64.6 Å². The third-order valence-electron chi connectivity index (χ3n) is 16.8. The van der Waals surface area contributed by atoms with Crippen LogP contribution < -0.4 is 26.6 Å². The second-order valence-corrected chi connectivity index (χ2v) is 22.2. The lowest BCUT2D eigenvalue weighted by molar-refractivity contribution is -0.105. The monoisotopic (exact) mass is 952 g/mol. The molecule has 4 aliphatic rings. The van der Waals surface area contributed by atoms with E-state index in [-0.39, 0.29) is 23.1 Å². The van der Waals surface area contributed by atoms with Gasteiger partial charge < -0.3 is 49.9 Å². The molecule has 0 saturated heterocycles. The van der Waals surface area contributed by atoms with Gasteiger partial charge in [0.05, 0.1) is 17.1 Å². The summed E-state index contributed by atoms with van der Waals surface area (Å²) in [5, 5.41) is 14.3. The third-order valence-corrected chi connectivity index (χ3v) is 16.8. The molecule has 0 bridgehead atoms. The first-order valence-corrected chi connectivity index (χ1v) is 25.8. The van der Waals surface area contributed by atoms with Gasteiger partial charge >= 0.3 is 6.09 Å². The van der Waals surface area contributed by atoms with Gasteiger partial charge in [0.2, 0.25) is 6.41 Å². The van der Waals surface area contributed by atoms with Crippen LogP contribution in [0.3, 0.4) is 0 Å². The van der Waals surface area contributed by atoms with E-state index < -0.39 is 17.9 Å². The van der Waals surface area contributed by atoms with Crippen LogP contribution >= 0.6 is 0 Å². The first kappa shape index (κ1) is 51.5. The number of carbonyl (C=O) groups is 5. The molecule has 7 rings (SSSR count). The normalized spacial score (nSPS) is 25.5. The number of amides is 5. The van der Waals surface area contributed by atoms with Crippen molar-refractivity contribution >= 4 is 47.3 Å². The topological polar surface area (TPSA) is 173 Å². The molecule has 378 valence electrons. The summed E-state index contributed by atoms with van der Waals surface area (Å²) in [6.07, 6.45) is 22.1. The second kappa shape index (κ2) is 22.2. The van der Waals surface area contributed by atoms with Crippen LogP contribution in [-0.4, -0.2) is 88.7 Å². The van der Waals surface area contributed by atoms with Crippen molar-refractivity contribution in [1.29, 1.82) is 0 Å². The Balaban J connectivity index is 0.941. The number of alkyl carbamates (subject to hydrolysis) is 1. The molecule has 3 saturated carbocycles. The maximum absolute atomic E-state index is 13.9. The van der Waals surface area contributed by atoms with Gasteiger partial charge in [0.15, 0.2) is 0 Å². The highest BCUT2D eigenvalue weighted by atomic mass is 16.6. The maximum Gasteiger partial charge on any atom is 0.407 e. The molecular formula is C54H81N9O6. The minimum absolute atomic E-state index is 0.162. The Labute approximate surface area is 410 Å². The van der Waals surface area contributed by atoms with Crippen LogP contribution in [0.4, 0.5) is 21.9 Å². The van der Waals surface area contributed by atoms with Crippen LogP contribution in [0.15, 0.2) is 48.4 Å². The van der Waals surface area contributed by atoms with Gasteiger partial charge in [0, 0.05) is 58.7 Å². The highest BCUT2D eigenvalue weighted by Crippen LogP contribution is 2.67. The number of rotatable bonds is 21. The largest absolute Gasteiger partial charge is 0.446 e. The molecule has 8 atom stereocenters. The molecule has 15 heteroatoms. The maximum atomic E-state index is 13.9. The Morgan fingerprint density at radius 2 is 1.45 bits per heavy atom. The van der Waals surface area contributed by atoms with Crippen LogP contribution in [0.1, 0.15) is 150 Å². The van der Waals surface area contributed by atoms with E-state index >= 15 is 0 Å². The van der Waals surface area contributed by atoms with Crippen molar-refractivity contribution in [3.05, 3.63) is 65.5 Å². The number of aromatic nitrogens is 3. The molecule has 0 radical (unpaired) electrons. The molecule has 3 aromatic heterocycles. The number of allylic oxidation sites excluding steroid dienone is 1. The molecule has 4 aliphatic carbocycles. The van der Waals surface area contributed by atoms with Crippen LogP contribution in [0.5, 0.6) is 0 Å². The van der Waals surface area contributed by atoms with Gasteiger partial charge in [-0.1, -0.05) is 65.5 Å². The Bertz CT molecular complexity index is 2340. The van der Waals surface area contributed by atoms with E-state index in [0.717, 1.165) is 68.2 Å². The van der Waals surface area contributed by atoms with Gasteiger partial charge in [-0.2, -0.15) is 0 Å². The van der Waals surface area contributed by atoms with Crippen molar-refractivity contribution in [2.75, 3.05) is 49.7 Å².